The maximum absolute atomic E-state index is 12.3. The lowest BCUT2D eigenvalue weighted by atomic mass is 9.86. The van der Waals surface area contributed by atoms with Gasteiger partial charge >= 0.3 is 5.97 Å². The van der Waals surface area contributed by atoms with Crippen LogP contribution in [-0.4, -0.2) is 38.2 Å². The minimum Gasteiger partial charge on any atom is -0.493 e. The number of amides is 1. The van der Waals surface area contributed by atoms with Crippen LogP contribution in [0.1, 0.15) is 56.8 Å². The first-order chi connectivity index (χ1) is 12.9. The van der Waals surface area contributed by atoms with E-state index in [1.807, 2.05) is 0 Å². The maximum Gasteiger partial charge on any atom is 0.338 e. The molecule has 0 spiro atoms. The van der Waals surface area contributed by atoms with E-state index < -0.39 is 5.97 Å². The highest BCUT2D eigenvalue weighted by atomic mass is 16.5. The van der Waals surface area contributed by atoms with Crippen LogP contribution in [0.15, 0.2) is 18.2 Å². The number of hydrogen-bond acceptors (Lipinski definition) is 5. The third kappa shape index (κ3) is 6.45. The molecule has 0 saturated heterocycles. The summed E-state index contributed by atoms with van der Waals surface area (Å²) in [5, 5.41) is 2.97. The molecular weight excluding hydrogens is 346 g/mol. The lowest BCUT2D eigenvalue weighted by Crippen LogP contribution is -2.42. The van der Waals surface area contributed by atoms with Crippen LogP contribution in [0.5, 0.6) is 11.5 Å². The quantitative estimate of drug-likeness (QED) is 0.701. The summed E-state index contributed by atoms with van der Waals surface area (Å²) >= 11 is 0. The molecule has 0 heterocycles. The Morgan fingerprint density at radius 1 is 1.19 bits per heavy atom. The van der Waals surface area contributed by atoms with Crippen molar-refractivity contribution in [2.24, 2.45) is 11.8 Å². The Morgan fingerprint density at radius 3 is 2.59 bits per heavy atom. The van der Waals surface area contributed by atoms with Crippen LogP contribution in [0.3, 0.4) is 0 Å². The van der Waals surface area contributed by atoms with E-state index in [1.165, 1.54) is 13.5 Å². The van der Waals surface area contributed by atoms with Crippen molar-refractivity contribution < 1.29 is 23.8 Å². The normalized spacial score (nSPS) is 19.4. The van der Waals surface area contributed by atoms with E-state index in [-0.39, 0.29) is 18.6 Å². The summed E-state index contributed by atoms with van der Waals surface area (Å²) in [4.78, 5) is 24.3. The van der Waals surface area contributed by atoms with Crippen molar-refractivity contribution in [3.63, 3.8) is 0 Å². The Labute approximate surface area is 161 Å². The van der Waals surface area contributed by atoms with Crippen LogP contribution < -0.4 is 14.8 Å². The largest absolute Gasteiger partial charge is 0.493 e. The molecule has 150 valence electrons. The smallest absolute Gasteiger partial charge is 0.338 e. The van der Waals surface area contributed by atoms with Crippen LogP contribution in [0.4, 0.5) is 0 Å². The van der Waals surface area contributed by atoms with Crippen molar-refractivity contribution >= 4 is 11.9 Å². The molecule has 1 N–H and O–H groups in total. The molecule has 1 aliphatic rings. The van der Waals surface area contributed by atoms with E-state index in [0.717, 1.165) is 19.3 Å². The van der Waals surface area contributed by atoms with Gasteiger partial charge in [0.1, 0.15) is 0 Å². The van der Waals surface area contributed by atoms with E-state index in [4.69, 9.17) is 14.2 Å². The van der Waals surface area contributed by atoms with Gasteiger partial charge in [0.2, 0.25) is 0 Å². The number of nitrogens with one attached hydrogen (secondary N) is 1. The Bertz CT molecular complexity index is 643. The SMILES string of the molecule is COc1cc(C(=O)OCC(=O)N[C@@H]2CCCC[C@@H]2C)ccc1OCC(C)C. The first kappa shape index (κ1) is 21.1. The third-order valence-corrected chi connectivity index (χ3v) is 4.76. The van der Waals surface area contributed by atoms with E-state index in [0.29, 0.717) is 35.5 Å². The van der Waals surface area contributed by atoms with Gasteiger partial charge < -0.3 is 19.5 Å². The molecule has 6 nitrogen and oxygen atoms in total. The predicted octanol–water partition coefficient (Wildman–Crippen LogP) is 3.58. The summed E-state index contributed by atoms with van der Waals surface area (Å²) in [6.45, 7) is 6.52. The van der Waals surface area contributed by atoms with Crippen molar-refractivity contribution in [3.8, 4) is 11.5 Å². The third-order valence-electron chi connectivity index (χ3n) is 4.76. The lowest BCUT2D eigenvalue weighted by Gasteiger charge is -2.29. The first-order valence-corrected chi connectivity index (χ1v) is 9.68. The summed E-state index contributed by atoms with van der Waals surface area (Å²) < 4.78 is 16.1. The number of esters is 1. The van der Waals surface area contributed by atoms with Gasteiger partial charge in [-0.25, -0.2) is 4.79 Å². The number of carbonyl (C=O) groups is 2. The fraction of sp³-hybridized carbons (Fsp3) is 0.619. The maximum atomic E-state index is 12.3. The van der Waals surface area contributed by atoms with Gasteiger partial charge in [0.05, 0.1) is 19.3 Å². The van der Waals surface area contributed by atoms with Gasteiger partial charge in [0.25, 0.3) is 5.91 Å². The van der Waals surface area contributed by atoms with E-state index in [1.54, 1.807) is 18.2 Å². The molecule has 6 heteroatoms. The summed E-state index contributed by atoms with van der Waals surface area (Å²) in [6.07, 6.45) is 4.44. The van der Waals surface area contributed by atoms with Gasteiger partial charge in [-0.2, -0.15) is 0 Å². The predicted molar refractivity (Wildman–Crippen MR) is 103 cm³/mol. The number of benzene rings is 1. The molecule has 0 radical (unpaired) electrons. The Balaban J connectivity index is 1.88. The monoisotopic (exact) mass is 377 g/mol. The van der Waals surface area contributed by atoms with Crippen LogP contribution in [0, 0.1) is 11.8 Å². The van der Waals surface area contributed by atoms with Crippen molar-refractivity contribution in [1.82, 2.24) is 5.32 Å². The fourth-order valence-corrected chi connectivity index (χ4v) is 3.16. The number of ether oxygens (including phenoxy) is 3. The van der Waals surface area contributed by atoms with E-state index >= 15 is 0 Å². The minimum absolute atomic E-state index is 0.169. The molecule has 1 amide bonds. The highest BCUT2D eigenvalue weighted by molar-refractivity contribution is 5.92. The number of rotatable bonds is 8. The molecule has 1 aromatic carbocycles. The second-order valence-corrected chi connectivity index (χ2v) is 7.58. The standard InChI is InChI=1S/C21H31NO5/c1-14(2)12-26-18-10-9-16(11-19(18)25-4)21(24)27-13-20(23)22-17-8-6-5-7-15(17)3/h9-11,14-15,17H,5-8,12-13H2,1-4H3,(H,22,23)/t15-,17+/m0/s1. The zero-order chi connectivity index (χ0) is 19.8. The summed E-state index contributed by atoms with van der Waals surface area (Å²) in [7, 11) is 1.52. The van der Waals surface area contributed by atoms with E-state index in [9.17, 15) is 9.59 Å². The zero-order valence-electron chi connectivity index (χ0n) is 16.7. The zero-order valence-corrected chi connectivity index (χ0v) is 16.7. The van der Waals surface area contributed by atoms with Crippen molar-refractivity contribution in [2.45, 2.75) is 52.5 Å². The number of carbonyl (C=O) groups excluding carboxylic acids is 2. The van der Waals surface area contributed by atoms with Gasteiger partial charge in [0.15, 0.2) is 18.1 Å². The van der Waals surface area contributed by atoms with Gasteiger partial charge in [0, 0.05) is 6.04 Å². The Kier molecular flexibility index (Phi) is 7.95. The number of hydrogen-bond donors (Lipinski definition) is 1. The molecule has 2 rings (SSSR count). The molecule has 0 bridgehead atoms. The molecule has 1 fully saturated rings. The minimum atomic E-state index is -0.560. The highest BCUT2D eigenvalue weighted by Crippen LogP contribution is 2.29. The summed E-state index contributed by atoms with van der Waals surface area (Å²) in [5.41, 5.74) is 0.322. The first-order valence-electron chi connectivity index (χ1n) is 9.68. The van der Waals surface area contributed by atoms with Crippen molar-refractivity contribution in [3.05, 3.63) is 23.8 Å². The lowest BCUT2D eigenvalue weighted by molar-refractivity contribution is -0.125. The van der Waals surface area contributed by atoms with Gasteiger partial charge in [-0.05, 0) is 42.9 Å². The van der Waals surface area contributed by atoms with Crippen LogP contribution in [-0.2, 0) is 9.53 Å². The summed E-state index contributed by atoms with van der Waals surface area (Å²) in [6, 6.07) is 5.03. The average Bonchev–Trinajstić information content (AvgIpc) is 2.66. The summed E-state index contributed by atoms with van der Waals surface area (Å²) in [5.74, 6) is 1.06. The van der Waals surface area contributed by atoms with Crippen LogP contribution in [0.25, 0.3) is 0 Å². The van der Waals surface area contributed by atoms with Crippen LogP contribution in [0.2, 0.25) is 0 Å². The Hall–Kier alpha value is -2.24. The van der Waals surface area contributed by atoms with Gasteiger partial charge in [-0.15, -0.1) is 0 Å². The molecule has 1 aromatic rings. The molecule has 27 heavy (non-hydrogen) atoms. The highest BCUT2D eigenvalue weighted by Gasteiger charge is 2.23. The molecule has 1 aliphatic carbocycles. The molecule has 0 unspecified atom stereocenters. The van der Waals surface area contributed by atoms with Crippen LogP contribution >= 0.6 is 0 Å². The molecule has 1 saturated carbocycles. The molecule has 2 atom stereocenters. The second kappa shape index (κ2) is 10.2. The average molecular weight is 377 g/mol. The van der Waals surface area contributed by atoms with Crippen molar-refractivity contribution in [1.29, 1.82) is 0 Å². The second-order valence-electron chi connectivity index (χ2n) is 7.58. The van der Waals surface area contributed by atoms with Gasteiger partial charge in [-0.3, -0.25) is 4.79 Å². The molecule has 0 aliphatic heterocycles. The topological polar surface area (TPSA) is 73.9 Å². The van der Waals surface area contributed by atoms with Crippen molar-refractivity contribution in [2.75, 3.05) is 20.3 Å². The van der Waals surface area contributed by atoms with E-state index in [2.05, 4.69) is 26.1 Å². The number of methoxy groups -OCH3 is 1. The van der Waals surface area contributed by atoms with Gasteiger partial charge in [-0.1, -0.05) is 33.6 Å². The molecular formula is C21H31NO5. The molecule has 0 aromatic heterocycles. The fourth-order valence-electron chi connectivity index (χ4n) is 3.16. The Morgan fingerprint density at radius 2 is 1.93 bits per heavy atom.